The van der Waals surface area contributed by atoms with Crippen molar-refractivity contribution in [2.75, 3.05) is 6.61 Å². The Bertz CT molecular complexity index is 1140. The maximum atomic E-state index is 11.5. The molecule has 4 rings (SSSR count). The SMILES string of the molecule is Cc1cc(=O)oc2cc(OCCCCCCn3cnc4ccccc43)ccc12. The van der Waals surface area contributed by atoms with Gasteiger partial charge in [0.1, 0.15) is 11.3 Å². The van der Waals surface area contributed by atoms with Crippen LogP contribution in [0, 0.1) is 6.92 Å². The second kappa shape index (κ2) is 8.30. The number of imidazole rings is 1. The van der Waals surface area contributed by atoms with Crippen LogP contribution < -0.4 is 10.4 Å². The second-order valence-electron chi connectivity index (χ2n) is 7.10. The Morgan fingerprint density at radius 3 is 2.82 bits per heavy atom. The summed E-state index contributed by atoms with van der Waals surface area (Å²) in [5.74, 6) is 0.742. The number of unbranched alkanes of at least 4 members (excludes halogenated alkanes) is 3. The molecule has 0 spiro atoms. The average molecular weight is 376 g/mol. The number of hydrogen-bond acceptors (Lipinski definition) is 4. The monoisotopic (exact) mass is 376 g/mol. The van der Waals surface area contributed by atoms with Gasteiger partial charge in [-0.2, -0.15) is 0 Å². The van der Waals surface area contributed by atoms with Crippen LogP contribution in [0.15, 0.2) is 64.1 Å². The molecule has 0 unspecified atom stereocenters. The summed E-state index contributed by atoms with van der Waals surface area (Å²) in [6, 6.07) is 15.4. The van der Waals surface area contributed by atoms with Crippen LogP contribution in [-0.2, 0) is 6.54 Å². The van der Waals surface area contributed by atoms with E-state index in [1.54, 1.807) is 6.07 Å². The van der Waals surface area contributed by atoms with Crippen LogP contribution in [0.5, 0.6) is 5.75 Å². The molecular weight excluding hydrogens is 352 g/mol. The van der Waals surface area contributed by atoms with Crippen LogP contribution in [0.1, 0.15) is 31.2 Å². The fraction of sp³-hybridized carbons (Fsp3) is 0.304. The summed E-state index contributed by atoms with van der Waals surface area (Å²) in [6.07, 6.45) is 6.32. The van der Waals surface area contributed by atoms with Crippen molar-refractivity contribution in [3.05, 3.63) is 70.8 Å². The number of benzene rings is 2. The van der Waals surface area contributed by atoms with E-state index in [1.165, 1.54) is 11.6 Å². The third-order valence-electron chi connectivity index (χ3n) is 5.01. The number of ether oxygens (including phenoxy) is 1. The number of nitrogens with zero attached hydrogens (tertiary/aromatic N) is 2. The Hall–Kier alpha value is -3.08. The van der Waals surface area contributed by atoms with Crippen molar-refractivity contribution in [2.45, 2.75) is 39.2 Å². The summed E-state index contributed by atoms with van der Waals surface area (Å²) < 4.78 is 13.3. The van der Waals surface area contributed by atoms with Gasteiger partial charge in [-0.15, -0.1) is 0 Å². The predicted molar refractivity (Wildman–Crippen MR) is 111 cm³/mol. The van der Waals surface area contributed by atoms with E-state index in [2.05, 4.69) is 21.7 Å². The molecule has 2 heterocycles. The molecule has 0 aliphatic carbocycles. The summed E-state index contributed by atoms with van der Waals surface area (Å²) >= 11 is 0. The van der Waals surface area contributed by atoms with Gasteiger partial charge in [0.25, 0.3) is 0 Å². The molecule has 0 saturated heterocycles. The van der Waals surface area contributed by atoms with Gasteiger partial charge in [-0.1, -0.05) is 25.0 Å². The normalized spacial score (nSPS) is 11.3. The molecule has 0 aliphatic rings. The molecule has 28 heavy (non-hydrogen) atoms. The maximum absolute atomic E-state index is 11.5. The Morgan fingerprint density at radius 1 is 1.04 bits per heavy atom. The molecule has 0 aliphatic heterocycles. The Labute approximate surface area is 163 Å². The van der Waals surface area contributed by atoms with Crippen molar-refractivity contribution in [1.82, 2.24) is 9.55 Å². The van der Waals surface area contributed by atoms with Crippen LogP contribution in [-0.4, -0.2) is 16.2 Å². The van der Waals surface area contributed by atoms with Crippen molar-refractivity contribution >= 4 is 22.0 Å². The van der Waals surface area contributed by atoms with E-state index in [0.717, 1.165) is 54.4 Å². The highest BCUT2D eigenvalue weighted by Crippen LogP contribution is 2.22. The fourth-order valence-electron chi connectivity index (χ4n) is 3.51. The average Bonchev–Trinajstić information content (AvgIpc) is 3.10. The minimum absolute atomic E-state index is 0.326. The minimum atomic E-state index is -0.326. The molecule has 0 radical (unpaired) electrons. The highest BCUT2D eigenvalue weighted by atomic mass is 16.5. The molecule has 2 aromatic carbocycles. The zero-order chi connectivity index (χ0) is 19.3. The van der Waals surface area contributed by atoms with Crippen LogP contribution in [0.2, 0.25) is 0 Å². The lowest BCUT2D eigenvalue weighted by Crippen LogP contribution is -2.00. The first-order valence-electron chi connectivity index (χ1n) is 9.78. The molecule has 0 N–H and O–H groups in total. The summed E-state index contributed by atoms with van der Waals surface area (Å²) in [5, 5.41) is 0.943. The second-order valence-corrected chi connectivity index (χ2v) is 7.10. The van der Waals surface area contributed by atoms with Crippen LogP contribution in [0.4, 0.5) is 0 Å². The lowest BCUT2D eigenvalue weighted by molar-refractivity contribution is 0.304. The summed E-state index contributed by atoms with van der Waals surface area (Å²) in [5.41, 5.74) is 3.42. The summed E-state index contributed by atoms with van der Waals surface area (Å²) in [4.78, 5) is 15.9. The van der Waals surface area contributed by atoms with Crippen molar-refractivity contribution < 1.29 is 9.15 Å². The summed E-state index contributed by atoms with van der Waals surface area (Å²) in [7, 11) is 0. The first-order valence-corrected chi connectivity index (χ1v) is 9.78. The van der Waals surface area contributed by atoms with E-state index < -0.39 is 0 Å². The van der Waals surface area contributed by atoms with E-state index >= 15 is 0 Å². The van der Waals surface area contributed by atoms with Gasteiger partial charge in [0.2, 0.25) is 0 Å². The first-order chi connectivity index (χ1) is 13.7. The van der Waals surface area contributed by atoms with Gasteiger partial charge >= 0.3 is 5.63 Å². The molecular formula is C23H24N2O3. The van der Waals surface area contributed by atoms with Crippen LogP contribution in [0.25, 0.3) is 22.0 Å². The molecule has 0 atom stereocenters. The van der Waals surface area contributed by atoms with Crippen LogP contribution in [0.3, 0.4) is 0 Å². The van der Waals surface area contributed by atoms with Gasteiger partial charge in [-0.05, 0) is 49.6 Å². The Morgan fingerprint density at radius 2 is 1.89 bits per heavy atom. The molecule has 0 bridgehead atoms. The van der Waals surface area contributed by atoms with Gasteiger partial charge < -0.3 is 13.7 Å². The highest BCUT2D eigenvalue weighted by molar-refractivity contribution is 5.81. The largest absolute Gasteiger partial charge is 0.493 e. The molecule has 2 aromatic heterocycles. The zero-order valence-electron chi connectivity index (χ0n) is 16.1. The van der Waals surface area contributed by atoms with Crippen molar-refractivity contribution in [3.8, 4) is 5.75 Å². The minimum Gasteiger partial charge on any atom is -0.493 e. The maximum Gasteiger partial charge on any atom is 0.336 e. The van der Waals surface area contributed by atoms with Gasteiger partial charge in [-0.3, -0.25) is 0 Å². The van der Waals surface area contributed by atoms with E-state index in [0.29, 0.717) is 12.2 Å². The third kappa shape index (κ3) is 4.09. The lowest BCUT2D eigenvalue weighted by atomic mass is 10.1. The van der Waals surface area contributed by atoms with E-state index in [4.69, 9.17) is 9.15 Å². The van der Waals surface area contributed by atoms with Crippen molar-refractivity contribution in [1.29, 1.82) is 0 Å². The standard InChI is InChI=1S/C23H24N2O3/c1-17-14-23(26)28-22-15-18(10-11-19(17)22)27-13-7-3-2-6-12-25-16-24-20-8-4-5-9-21(20)25/h4-5,8-11,14-16H,2-3,6-7,12-13H2,1H3. The number of aromatic nitrogens is 2. The number of para-hydroxylation sites is 2. The first kappa shape index (κ1) is 18.3. The zero-order valence-corrected chi connectivity index (χ0v) is 16.1. The number of fused-ring (bicyclic) bond motifs is 2. The quantitative estimate of drug-likeness (QED) is 0.317. The van der Waals surface area contributed by atoms with Gasteiger partial charge in [-0.25, -0.2) is 9.78 Å². The van der Waals surface area contributed by atoms with Crippen molar-refractivity contribution in [3.63, 3.8) is 0 Å². The fourth-order valence-corrected chi connectivity index (χ4v) is 3.51. The number of aryl methyl sites for hydroxylation is 2. The molecule has 144 valence electrons. The highest BCUT2D eigenvalue weighted by Gasteiger charge is 2.04. The molecule has 5 nitrogen and oxygen atoms in total. The molecule has 0 fully saturated rings. The van der Waals surface area contributed by atoms with Crippen LogP contribution >= 0.6 is 0 Å². The summed E-state index contributed by atoms with van der Waals surface area (Å²) in [6.45, 7) is 3.56. The molecule has 4 aromatic rings. The third-order valence-corrected chi connectivity index (χ3v) is 5.01. The van der Waals surface area contributed by atoms with E-state index in [1.807, 2.05) is 37.5 Å². The number of hydrogen-bond donors (Lipinski definition) is 0. The van der Waals surface area contributed by atoms with E-state index in [9.17, 15) is 4.79 Å². The predicted octanol–water partition coefficient (Wildman–Crippen LogP) is 5.09. The smallest absolute Gasteiger partial charge is 0.336 e. The Balaban J connectivity index is 1.21. The van der Waals surface area contributed by atoms with Crippen molar-refractivity contribution in [2.24, 2.45) is 0 Å². The Kier molecular flexibility index (Phi) is 5.42. The lowest BCUT2D eigenvalue weighted by Gasteiger charge is -2.08. The number of rotatable bonds is 8. The van der Waals surface area contributed by atoms with E-state index in [-0.39, 0.29) is 5.63 Å². The van der Waals surface area contributed by atoms with Gasteiger partial charge in [0.15, 0.2) is 0 Å². The molecule has 5 heteroatoms. The molecule has 0 amide bonds. The van der Waals surface area contributed by atoms with Gasteiger partial charge in [0, 0.05) is 24.1 Å². The van der Waals surface area contributed by atoms with Gasteiger partial charge in [0.05, 0.1) is 24.0 Å². The topological polar surface area (TPSA) is 57.3 Å². The molecule has 0 saturated carbocycles.